The normalized spacial score (nSPS) is 13.5. The van der Waals surface area contributed by atoms with Crippen LogP contribution in [0.5, 0.6) is 5.75 Å². The van der Waals surface area contributed by atoms with E-state index in [4.69, 9.17) is 0 Å². The molecule has 0 aromatic heterocycles. The molecule has 0 saturated heterocycles. The van der Waals surface area contributed by atoms with Gasteiger partial charge in [0.2, 0.25) is 5.91 Å². The van der Waals surface area contributed by atoms with Gasteiger partial charge in [-0.2, -0.15) is 8.78 Å². The summed E-state index contributed by atoms with van der Waals surface area (Å²) in [6.45, 7) is 6.65. The van der Waals surface area contributed by atoms with Crippen molar-refractivity contribution in [2.45, 2.75) is 58.7 Å². The van der Waals surface area contributed by atoms with Gasteiger partial charge in [-0.15, -0.1) is 0 Å². The Labute approximate surface area is 175 Å². The zero-order chi connectivity index (χ0) is 22.5. The molecule has 2 unspecified atom stereocenters. The molecule has 0 radical (unpaired) electrons. The molecule has 0 aliphatic heterocycles. The summed E-state index contributed by atoms with van der Waals surface area (Å²) >= 11 is 0. The van der Waals surface area contributed by atoms with Crippen LogP contribution < -0.4 is 15.4 Å². The van der Waals surface area contributed by atoms with Crippen LogP contribution in [0, 0.1) is 0 Å². The number of benzene rings is 2. The number of hydrogen-bond acceptors (Lipinski definition) is 3. The second-order valence-electron chi connectivity index (χ2n) is 8.20. The molecule has 0 aliphatic carbocycles. The van der Waals surface area contributed by atoms with Crippen molar-refractivity contribution in [3.8, 4) is 5.75 Å². The number of rotatable bonds is 7. The Morgan fingerprint density at radius 3 is 2.17 bits per heavy atom. The summed E-state index contributed by atoms with van der Waals surface area (Å²) in [4.78, 5) is 24.9. The molecular formula is C23H28F2N2O3. The predicted molar refractivity (Wildman–Crippen MR) is 112 cm³/mol. The standard InChI is InChI=1S/C23H28F2N2O3/c1-14(17-7-6-8-19(13-17)30-22(24)25)26-20(28)15(2)27-21(29)16-9-11-18(12-10-16)23(3,4)5/h6-15,22H,1-5H3,(H,26,28)(H,27,29). The van der Waals surface area contributed by atoms with E-state index >= 15 is 0 Å². The third kappa shape index (κ3) is 6.54. The topological polar surface area (TPSA) is 67.4 Å². The summed E-state index contributed by atoms with van der Waals surface area (Å²) in [5, 5.41) is 5.44. The van der Waals surface area contributed by atoms with Crippen LogP contribution >= 0.6 is 0 Å². The molecule has 30 heavy (non-hydrogen) atoms. The molecule has 0 heterocycles. The fourth-order valence-electron chi connectivity index (χ4n) is 2.85. The number of ether oxygens (including phenoxy) is 1. The summed E-state index contributed by atoms with van der Waals surface area (Å²) in [6, 6.07) is 12.2. The molecule has 2 aromatic carbocycles. The summed E-state index contributed by atoms with van der Waals surface area (Å²) < 4.78 is 29.1. The quantitative estimate of drug-likeness (QED) is 0.692. The lowest BCUT2D eigenvalue weighted by atomic mass is 9.86. The molecule has 2 N–H and O–H groups in total. The van der Waals surface area contributed by atoms with E-state index in [1.807, 2.05) is 12.1 Å². The first-order valence-electron chi connectivity index (χ1n) is 9.74. The van der Waals surface area contributed by atoms with E-state index in [1.165, 1.54) is 12.1 Å². The molecule has 0 bridgehead atoms. The minimum absolute atomic E-state index is 0.0173. The van der Waals surface area contributed by atoms with Crippen LogP contribution in [0.25, 0.3) is 0 Å². The summed E-state index contributed by atoms with van der Waals surface area (Å²) in [5.41, 5.74) is 2.16. The SMILES string of the molecule is CC(NC(=O)c1ccc(C(C)(C)C)cc1)C(=O)NC(C)c1cccc(OC(F)F)c1. The molecule has 2 amide bonds. The van der Waals surface area contributed by atoms with Crippen molar-refractivity contribution in [3.05, 3.63) is 65.2 Å². The molecule has 0 fully saturated rings. The van der Waals surface area contributed by atoms with E-state index in [0.29, 0.717) is 11.1 Å². The maximum Gasteiger partial charge on any atom is 0.387 e. The Bertz CT molecular complexity index is 877. The van der Waals surface area contributed by atoms with E-state index in [9.17, 15) is 18.4 Å². The van der Waals surface area contributed by atoms with Crippen molar-refractivity contribution < 1.29 is 23.1 Å². The van der Waals surface area contributed by atoms with Gasteiger partial charge < -0.3 is 15.4 Å². The van der Waals surface area contributed by atoms with Crippen LogP contribution in [0.15, 0.2) is 48.5 Å². The Balaban J connectivity index is 1.96. The second-order valence-corrected chi connectivity index (χ2v) is 8.20. The highest BCUT2D eigenvalue weighted by Gasteiger charge is 2.20. The molecule has 2 atom stereocenters. The van der Waals surface area contributed by atoms with Crippen LogP contribution in [-0.2, 0) is 10.2 Å². The molecule has 5 nitrogen and oxygen atoms in total. The Morgan fingerprint density at radius 1 is 0.967 bits per heavy atom. The maximum atomic E-state index is 12.5. The van der Waals surface area contributed by atoms with Crippen LogP contribution in [0.3, 0.4) is 0 Å². The van der Waals surface area contributed by atoms with Crippen molar-refractivity contribution in [2.75, 3.05) is 0 Å². The first kappa shape index (κ1) is 23.3. The fourth-order valence-corrected chi connectivity index (χ4v) is 2.85. The number of alkyl halides is 2. The highest BCUT2D eigenvalue weighted by Crippen LogP contribution is 2.22. The van der Waals surface area contributed by atoms with Crippen molar-refractivity contribution in [1.82, 2.24) is 10.6 Å². The van der Waals surface area contributed by atoms with Gasteiger partial charge in [0.15, 0.2) is 0 Å². The zero-order valence-corrected chi connectivity index (χ0v) is 17.8. The lowest BCUT2D eigenvalue weighted by molar-refractivity contribution is -0.123. The van der Waals surface area contributed by atoms with Crippen LogP contribution in [0.4, 0.5) is 8.78 Å². The first-order valence-corrected chi connectivity index (χ1v) is 9.74. The molecule has 2 rings (SSSR count). The molecular weight excluding hydrogens is 390 g/mol. The molecule has 0 aliphatic rings. The van der Waals surface area contributed by atoms with E-state index in [0.717, 1.165) is 5.56 Å². The van der Waals surface area contributed by atoms with Crippen molar-refractivity contribution in [2.24, 2.45) is 0 Å². The number of carbonyl (C=O) groups excluding carboxylic acids is 2. The van der Waals surface area contributed by atoms with Crippen LogP contribution in [0.1, 0.15) is 62.1 Å². The van der Waals surface area contributed by atoms with Gasteiger partial charge >= 0.3 is 6.61 Å². The number of amides is 2. The van der Waals surface area contributed by atoms with Gasteiger partial charge in [-0.1, -0.05) is 45.0 Å². The Hall–Kier alpha value is -2.96. The third-order valence-electron chi connectivity index (χ3n) is 4.70. The average Bonchev–Trinajstić information content (AvgIpc) is 2.67. The first-order chi connectivity index (χ1) is 14.0. The average molecular weight is 418 g/mol. The van der Waals surface area contributed by atoms with Gasteiger partial charge in [0.05, 0.1) is 6.04 Å². The Kier molecular flexibility index (Phi) is 7.54. The second kappa shape index (κ2) is 9.69. The minimum Gasteiger partial charge on any atom is -0.435 e. The summed E-state index contributed by atoms with van der Waals surface area (Å²) in [5.74, 6) is -0.718. The Morgan fingerprint density at radius 2 is 1.60 bits per heavy atom. The summed E-state index contributed by atoms with van der Waals surface area (Å²) in [7, 11) is 0. The summed E-state index contributed by atoms with van der Waals surface area (Å²) in [6.07, 6.45) is 0. The predicted octanol–water partition coefficient (Wildman–Crippen LogP) is 4.58. The highest BCUT2D eigenvalue weighted by molar-refractivity contribution is 5.97. The smallest absolute Gasteiger partial charge is 0.387 e. The molecule has 2 aromatic rings. The molecule has 0 spiro atoms. The highest BCUT2D eigenvalue weighted by atomic mass is 19.3. The molecule has 162 valence electrons. The third-order valence-corrected chi connectivity index (χ3v) is 4.70. The molecule has 0 saturated carbocycles. The van der Waals surface area contributed by atoms with Gasteiger partial charge in [0, 0.05) is 5.56 Å². The van der Waals surface area contributed by atoms with E-state index in [1.54, 1.807) is 38.1 Å². The number of halogens is 2. The van der Waals surface area contributed by atoms with Gasteiger partial charge in [0.1, 0.15) is 11.8 Å². The minimum atomic E-state index is -2.92. The number of nitrogens with one attached hydrogen (secondary N) is 2. The van der Waals surface area contributed by atoms with Crippen LogP contribution in [0.2, 0.25) is 0 Å². The molecule has 7 heteroatoms. The van der Waals surface area contributed by atoms with Crippen molar-refractivity contribution in [1.29, 1.82) is 0 Å². The maximum absolute atomic E-state index is 12.5. The number of carbonyl (C=O) groups is 2. The largest absolute Gasteiger partial charge is 0.435 e. The lowest BCUT2D eigenvalue weighted by Gasteiger charge is -2.20. The zero-order valence-electron chi connectivity index (χ0n) is 17.8. The number of hydrogen-bond donors (Lipinski definition) is 2. The van der Waals surface area contributed by atoms with Gasteiger partial charge in [0.25, 0.3) is 5.91 Å². The van der Waals surface area contributed by atoms with E-state index in [-0.39, 0.29) is 23.0 Å². The van der Waals surface area contributed by atoms with Crippen molar-refractivity contribution >= 4 is 11.8 Å². The van der Waals surface area contributed by atoms with Gasteiger partial charge in [-0.25, -0.2) is 0 Å². The van der Waals surface area contributed by atoms with E-state index in [2.05, 4.69) is 36.1 Å². The lowest BCUT2D eigenvalue weighted by Crippen LogP contribution is -2.45. The van der Waals surface area contributed by atoms with E-state index < -0.39 is 18.7 Å². The fraction of sp³-hybridized carbons (Fsp3) is 0.391. The van der Waals surface area contributed by atoms with Gasteiger partial charge in [-0.05, 0) is 54.7 Å². The monoisotopic (exact) mass is 418 g/mol. The van der Waals surface area contributed by atoms with Crippen molar-refractivity contribution in [3.63, 3.8) is 0 Å². The van der Waals surface area contributed by atoms with Gasteiger partial charge in [-0.3, -0.25) is 9.59 Å². The van der Waals surface area contributed by atoms with Crippen LogP contribution in [-0.4, -0.2) is 24.5 Å².